The molecule has 0 bridgehead atoms. The maximum atomic E-state index is 10.1. The van der Waals surface area contributed by atoms with Gasteiger partial charge in [0.2, 0.25) is 0 Å². The zero-order valence-electron chi connectivity index (χ0n) is 6.34. The van der Waals surface area contributed by atoms with Crippen molar-refractivity contribution >= 4 is 12.4 Å². The summed E-state index contributed by atoms with van der Waals surface area (Å²) in [5.41, 5.74) is -0.750. The molecule has 0 fully saturated rings. The van der Waals surface area contributed by atoms with E-state index in [4.69, 9.17) is 5.21 Å². The van der Waals surface area contributed by atoms with Crippen LogP contribution in [0.25, 0.3) is 0 Å². The van der Waals surface area contributed by atoms with Crippen LogP contribution in [0, 0.1) is 0 Å². The molecule has 9 heavy (non-hydrogen) atoms. The Kier molecular flexibility index (Phi) is 29.7. The third-order valence-corrected chi connectivity index (χ3v) is 0. The fraction of sp³-hybridized carbons (Fsp3) is 1.00. The molecule has 0 rings (SSSR count). The molecule has 3 N–H and O–H groups in total. The van der Waals surface area contributed by atoms with E-state index in [2.05, 4.69) is 5.90 Å². The van der Waals surface area contributed by atoms with E-state index in [1.165, 1.54) is 0 Å². The average Bonchev–Trinajstić information content (AvgIpc) is 1.36. The molecule has 0 saturated carbocycles. The van der Waals surface area contributed by atoms with E-state index < -0.39 is 5.60 Å². The predicted octanol–water partition coefficient (Wildman–Crippen LogP) is -3.09. The van der Waals surface area contributed by atoms with Gasteiger partial charge in [-0.15, -0.1) is 18.0 Å². The van der Waals surface area contributed by atoms with Gasteiger partial charge < -0.3 is 10.3 Å². The molecule has 0 atom stereocenters. The van der Waals surface area contributed by atoms with Gasteiger partial charge in [0.05, 0.1) is 0 Å². The van der Waals surface area contributed by atoms with Crippen molar-refractivity contribution in [2.75, 3.05) is 0 Å². The van der Waals surface area contributed by atoms with Crippen molar-refractivity contribution in [3.05, 3.63) is 0 Å². The molecule has 0 aromatic rings. The Balaban J connectivity index is -0.0000000286. The second-order valence-electron chi connectivity index (χ2n) is 2.11. The van der Waals surface area contributed by atoms with Crippen molar-refractivity contribution in [2.45, 2.75) is 26.4 Å². The monoisotopic (exact) mass is 165 g/mol. The van der Waals surface area contributed by atoms with Crippen LogP contribution in [0.1, 0.15) is 20.8 Å². The molecular formula is C4H13ClNNaO2. The van der Waals surface area contributed by atoms with Crippen LogP contribution in [0.15, 0.2) is 0 Å². The van der Waals surface area contributed by atoms with E-state index in [0.717, 1.165) is 0 Å². The van der Waals surface area contributed by atoms with Crippen LogP contribution < -0.4 is 40.6 Å². The first-order chi connectivity index (χ1) is 3.00. The summed E-state index contributed by atoms with van der Waals surface area (Å²) in [4.78, 5) is 0. The minimum absolute atomic E-state index is 0. The Morgan fingerprint density at radius 3 is 1.22 bits per heavy atom. The maximum Gasteiger partial charge on any atom is 1.00 e. The Hall–Kier alpha value is 1.17. The molecule has 0 saturated heterocycles. The fourth-order valence-electron chi connectivity index (χ4n) is 0. The third kappa shape index (κ3) is 344. The smallest absolute Gasteiger partial charge is 0.850 e. The van der Waals surface area contributed by atoms with Crippen molar-refractivity contribution in [1.82, 2.24) is 0 Å². The molecule has 0 aromatic carbocycles. The van der Waals surface area contributed by atoms with Gasteiger partial charge in [-0.1, -0.05) is 20.8 Å². The number of rotatable bonds is 0. The van der Waals surface area contributed by atoms with Crippen LogP contribution in [0.4, 0.5) is 0 Å². The summed E-state index contributed by atoms with van der Waals surface area (Å²) in [5.74, 6) is 3.50. The Bertz CT molecular complexity index is 34.0. The zero-order chi connectivity index (χ0) is 6.50. The van der Waals surface area contributed by atoms with E-state index in [1.54, 1.807) is 20.8 Å². The summed E-state index contributed by atoms with van der Waals surface area (Å²) in [6.45, 7) is 4.90. The molecule has 0 aliphatic carbocycles. The standard InChI is InChI=1S/C4H9O.ClH.H3NO.Na/c1-4(2,3)5;;1-2;/h1-3H3;1H;2H,1H2;/q-1;;;+1. The molecule has 0 radical (unpaired) electrons. The zero-order valence-corrected chi connectivity index (χ0v) is 9.16. The molecule has 0 heterocycles. The molecule has 0 aliphatic rings. The third-order valence-electron chi connectivity index (χ3n) is 0. The van der Waals surface area contributed by atoms with Crippen LogP contribution in [-0.4, -0.2) is 10.8 Å². The van der Waals surface area contributed by atoms with Crippen molar-refractivity contribution in [3.8, 4) is 0 Å². The van der Waals surface area contributed by atoms with Gasteiger partial charge in [-0.3, -0.25) is 0 Å². The normalized spacial score (nSPS) is 7.33. The topological polar surface area (TPSA) is 69.3 Å². The minimum atomic E-state index is -0.750. The summed E-state index contributed by atoms with van der Waals surface area (Å²) in [7, 11) is 0. The number of halogens is 1. The second kappa shape index (κ2) is 11.9. The molecule has 3 nitrogen and oxygen atoms in total. The molecule has 54 valence electrons. The Labute approximate surface area is 84.3 Å². The van der Waals surface area contributed by atoms with E-state index in [9.17, 15) is 5.11 Å². The molecule has 5 heteroatoms. The Morgan fingerprint density at radius 1 is 1.22 bits per heavy atom. The first-order valence-electron chi connectivity index (χ1n) is 1.96. The molecule has 0 aliphatic heterocycles. The maximum absolute atomic E-state index is 10.1. The van der Waals surface area contributed by atoms with E-state index >= 15 is 0 Å². The summed E-state index contributed by atoms with van der Waals surface area (Å²) in [6.07, 6.45) is 0. The van der Waals surface area contributed by atoms with Gasteiger partial charge in [0.25, 0.3) is 0 Å². The summed E-state index contributed by atoms with van der Waals surface area (Å²) in [5, 5.41) is 16.6. The molecule has 0 unspecified atom stereocenters. The van der Waals surface area contributed by atoms with Crippen LogP contribution in [-0.2, 0) is 0 Å². The Morgan fingerprint density at radius 2 is 1.22 bits per heavy atom. The summed E-state index contributed by atoms with van der Waals surface area (Å²) >= 11 is 0. The average molecular weight is 166 g/mol. The predicted molar refractivity (Wildman–Crippen MR) is 33.0 cm³/mol. The second-order valence-corrected chi connectivity index (χ2v) is 2.11. The summed E-state index contributed by atoms with van der Waals surface area (Å²) in [6, 6.07) is 0. The quantitative estimate of drug-likeness (QED) is 0.295. The summed E-state index contributed by atoms with van der Waals surface area (Å²) < 4.78 is 0. The number of hydrogen-bond donors (Lipinski definition) is 2. The minimum Gasteiger partial charge on any atom is -0.850 e. The van der Waals surface area contributed by atoms with Crippen molar-refractivity contribution in [2.24, 2.45) is 5.90 Å². The van der Waals surface area contributed by atoms with Crippen molar-refractivity contribution in [1.29, 1.82) is 0 Å². The van der Waals surface area contributed by atoms with Crippen LogP contribution in [0.3, 0.4) is 0 Å². The van der Waals surface area contributed by atoms with Gasteiger partial charge in [-0.05, 0) is 0 Å². The fourth-order valence-corrected chi connectivity index (χ4v) is 0. The van der Waals surface area contributed by atoms with Crippen molar-refractivity contribution < 1.29 is 39.9 Å². The van der Waals surface area contributed by atoms with E-state index in [0.29, 0.717) is 0 Å². The van der Waals surface area contributed by atoms with E-state index in [-0.39, 0.29) is 42.0 Å². The van der Waals surface area contributed by atoms with Gasteiger partial charge in [0, 0.05) is 0 Å². The number of nitrogens with two attached hydrogens (primary N) is 1. The van der Waals surface area contributed by atoms with Crippen LogP contribution in [0.2, 0.25) is 0 Å². The van der Waals surface area contributed by atoms with E-state index in [1.807, 2.05) is 0 Å². The van der Waals surface area contributed by atoms with Crippen LogP contribution in [0.5, 0.6) is 0 Å². The molecule has 0 amide bonds. The van der Waals surface area contributed by atoms with Gasteiger partial charge in [-0.2, -0.15) is 0 Å². The number of hydrogen-bond acceptors (Lipinski definition) is 3. The first kappa shape index (κ1) is 22.5. The van der Waals surface area contributed by atoms with Crippen molar-refractivity contribution in [3.63, 3.8) is 0 Å². The van der Waals surface area contributed by atoms with Gasteiger partial charge in [0.1, 0.15) is 0 Å². The molecular weight excluding hydrogens is 152 g/mol. The largest absolute Gasteiger partial charge is 1.00 e. The molecule has 0 spiro atoms. The van der Waals surface area contributed by atoms with Crippen LogP contribution >= 0.6 is 12.4 Å². The molecule has 0 aromatic heterocycles. The first-order valence-corrected chi connectivity index (χ1v) is 1.96. The SMILES string of the molecule is CC(C)(C)[O-].Cl.NO.[Na+]. The van der Waals surface area contributed by atoms with Gasteiger partial charge in [-0.25, -0.2) is 5.90 Å². The van der Waals surface area contributed by atoms with Gasteiger partial charge in [0.15, 0.2) is 0 Å². The van der Waals surface area contributed by atoms with Gasteiger partial charge >= 0.3 is 29.6 Å².